The van der Waals surface area contributed by atoms with Crippen LogP contribution in [0.15, 0.2) is 18.2 Å². The first kappa shape index (κ1) is 21.7. The van der Waals surface area contributed by atoms with Crippen LogP contribution in [0.25, 0.3) is 5.70 Å². The van der Waals surface area contributed by atoms with Crippen molar-refractivity contribution in [1.29, 1.82) is 0 Å². The maximum atomic E-state index is 14.4. The smallest absolute Gasteiger partial charge is 0.256 e. The molecule has 1 aromatic carbocycles. The number of rotatable bonds is 5. The van der Waals surface area contributed by atoms with E-state index >= 15 is 0 Å². The van der Waals surface area contributed by atoms with E-state index in [2.05, 4.69) is 17.9 Å². The number of halogens is 3. The third kappa shape index (κ3) is 5.59. The molecule has 1 aliphatic rings. The number of hydrogen-bond donors (Lipinski definition) is 0. The molecule has 131 valence electrons. The minimum atomic E-state index is -2.71. The van der Waals surface area contributed by atoms with Crippen LogP contribution in [0.3, 0.4) is 0 Å². The summed E-state index contributed by atoms with van der Waals surface area (Å²) in [5.41, 5.74) is 0.0978. The van der Waals surface area contributed by atoms with Crippen molar-refractivity contribution >= 4 is 11.6 Å². The number of carbonyl (C=O) groups excluding carboxylic acids is 1. The second-order valence-corrected chi connectivity index (χ2v) is 5.33. The number of ether oxygens (including phenoxy) is 1. The zero-order valence-corrected chi connectivity index (χ0v) is 16.8. The molecular weight excluding hydrogens is 408 g/mol. The van der Waals surface area contributed by atoms with Crippen molar-refractivity contribution in [3.8, 4) is 17.6 Å². The Morgan fingerprint density at radius 1 is 1.44 bits per heavy atom. The number of nitrogens with zero attached hydrogens (tertiary/aromatic N) is 1. The van der Waals surface area contributed by atoms with E-state index in [1.165, 1.54) is 12.1 Å². The Bertz CT molecular complexity index is 710. The van der Waals surface area contributed by atoms with E-state index in [0.717, 1.165) is 11.0 Å². The molecule has 0 spiro atoms. The molecule has 0 N–H and O–H groups in total. The van der Waals surface area contributed by atoms with Crippen LogP contribution in [-0.4, -0.2) is 30.4 Å². The molecule has 1 unspecified atom stereocenters. The maximum absolute atomic E-state index is 14.4. The van der Waals surface area contributed by atoms with Gasteiger partial charge in [0.15, 0.2) is 0 Å². The number of alkyl halides is 2. The van der Waals surface area contributed by atoms with E-state index in [1.54, 1.807) is 13.8 Å². The van der Waals surface area contributed by atoms with E-state index < -0.39 is 30.6 Å². The number of amides is 1. The number of benzene rings is 1. The SMILES string of the molecule is CC#CCOc1ccc(C2=[C-]CC(C)C(=O)N2CC(F)F)c(F)c1.[Y]. The van der Waals surface area contributed by atoms with E-state index in [4.69, 9.17) is 4.74 Å². The zero-order chi connectivity index (χ0) is 17.7. The largest absolute Gasteiger partial charge is 0.481 e. The first-order valence-corrected chi connectivity index (χ1v) is 7.46. The van der Waals surface area contributed by atoms with Gasteiger partial charge in [-0.25, -0.2) is 19.2 Å². The number of hydrogen-bond acceptors (Lipinski definition) is 2. The van der Waals surface area contributed by atoms with Crippen molar-refractivity contribution in [1.82, 2.24) is 4.90 Å². The number of carbonyl (C=O) groups is 1. The van der Waals surface area contributed by atoms with Gasteiger partial charge in [-0.05, 0) is 19.1 Å². The maximum Gasteiger partial charge on any atom is 0.256 e. The monoisotopic (exact) mass is 425 g/mol. The normalized spacial score (nSPS) is 16.7. The van der Waals surface area contributed by atoms with Gasteiger partial charge in [-0.3, -0.25) is 4.79 Å². The molecule has 1 aliphatic heterocycles. The molecule has 0 aromatic heterocycles. The predicted molar refractivity (Wildman–Crippen MR) is 83.5 cm³/mol. The molecule has 0 aliphatic carbocycles. The van der Waals surface area contributed by atoms with Crippen LogP contribution in [0, 0.1) is 29.7 Å². The Balaban J connectivity index is 0.00000312. The summed E-state index contributed by atoms with van der Waals surface area (Å²) in [7, 11) is 0. The van der Waals surface area contributed by atoms with Gasteiger partial charge >= 0.3 is 0 Å². The summed E-state index contributed by atoms with van der Waals surface area (Å²) in [6, 6.07) is 4.05. The van der Waals surface area contributed by atoms with Gasteiger partial charge in [0.2, 0.25) is 5.91 Å². The Morgan fingerprint density at radius 3 is 2.76 bits per heavy atom. The quantitative estimate of drug-likeness (QED) is 0.534. The van der Waals surface area contributed by atoms with Crippen LogP contribution in [0.1, 0.15) is 25.8 Å². The van der Waals surface area contributed by atoms with Crippen LogP contribution in [0.5, 0.6) is 5.75 Å². The van der Waals surface area contributed by atoms with Gasteiger partial charge in [-0.1, -0.05) is 19.3 Å². The molecule has 0 saturated carbocycles. The van der Waals surface area contributed by atoms with Gasteiger partial charge in [0.05, 0.1) is 12.4 Å². The molecule has 1 aromatic rings. The summed E-state index contributed by atoms with van der Waals surface area (Å²) < 4.78 is 45.2. The average molecular weight is 425 g/mol. The Morgan fingerprint density at radius 2 is 2.16 bits per heavy atom. The molecule has 7 heteroatoms. The molecule has 1 radical (unpaired) electrons. The Kier molecular flexibility index (Phi) is 8.68. The molecule has 25 heavy (non-hydrogen) atoms. The minimum Gasteiger partial charge on any atom is -0.481 e. The van der Waals surface area contributed by atoms with Crippen molar-refractivity contribution in [2.45, 2.75) is 26.7 Å². The summed E-state index contributed by atoms with van der Waals surface area (Å²) in [4.78, 5) is 13.1. The van der Waals surface area contributed by atoms with Crippen molar-refractivity contribution in [2.24, 2.45) is 5.92 Å². The first-order valence-electron chi connectivity index (χ1n) is 7.46. The fourth-order valence-electron chi connectivity index (χ4n) is 2.34. The van der Waals surface area contributed by atoms with Gasteiger partial charge in [0.25, 0.3) is 6.43 Å². The minimum absolute atomic E-state index is 0. The Labute approximate surface area is 170 Å². The second kappa shape index (κ2) is 9.98. The van der Waals surface area contributed by atoms with Crippen LogP contribution in [-0.2, 0) is 37.5 Å². The summed E-state index contributed by atoms with van der Waals surface area (Å²) in [6.07, 6.45) is 0.417. The van der Waals surface area contributed by atoms with Crippen molar-refractivity contribution in [3.05, 3.63) is 35.7 Å². The van der Waals surface area contributed by atoms with Gasteiger partial charge in [0.1, 0.15) is 12.4 Å². The van der Waals surface area contributed by atoms with Crippen LogP contribution in [0.2, 0.25) is 0 Å². The molecule has 2 rings (SSSR count). The Hall–Kier alpha value is -1.32. The first-order chi connectivity index (χ1) is 11.4. The number of allylic oxidation sites excluding steroid dienone is 1. The zero-order valence-electron chi connectivity index (χ0n) is 14.0. The van der Waals surface area contributed by atoms with E-state index in [0.29, 0.717) is 0 Å². The standard InChI is InChI=1S/C18H17F3NO2.Y/c1-3-4-9-24-13-6-7-14(15(19)10-13)16-8-5-12(2)18(23)22(16)11-17(20)21;/h6-7,10,12,17H,5,9,11H2,1-2H3;/q-1;. The van der Waals surface area contributed by atoms with Crippen LogP contribution < -0.4 is 4.74 Å². The van der Waals surface area contributed by atoms with Crippen molar-refractivity contribution in [3.63, 3.8) is 0 Å². The third-order valence-electron chi connectivity index (χ3n) is 3.54. The second-order valence-electron chi connectivity index (χ2n) is 5.33. The fourth-order valence-corrected chi connectivity index (χ4v) is 2.34. The van der Waals surface area contributed by atoms with Crippen molar-refractivity contribution < 1.29 is 55.4 Å². The van der Waals surface area contributed by atoms with Gasteiger partial charge in [-0.15, -0.1) is 23.2 Å². The molecule has 0 saturated heterocycles. The average Bonchev–Trinajstić information content (AvgIpc) is 2.53. The van der Waals surface area contributed by atoms with Gasteiger partial charge in [0, 0.05) is 38.6 Å². The van der Waals surface area contributed by atoms with E-state index in [-0.39, 0.29) is 62.7 Å². The molecule has 1 atom stereocenters. The summed E-state index contributed by atoms with van der Waals surface area (Å²) in [5, 5.41) is 0. The molecule has 0 fully saturated rings. The molecule has 0 bridgehead atoms. The molecule has 1 heterocycles. The van der Waals surface area contributed by atoms with Gasteiger partial charge < -0.3 is 9.64 Å². The topological polar surface area (TPSA) is 29.5 Å². The fraction of sp³-hybridized carbons (Fsp3) is 0.389. The van der Waals surface area contributed by atoms with Crippen molar-refractivity contribution in [2.75, 3.05) is 13.2 Å². The summed E-state index contributed by atoms with van der Waals surface area (Å²) >= 11 is 0. The third-order valence-corrected chi connectivity index (χ3v) is 3.54. The van der Waals surface area contributed by atoms with Crippen LogP contribution in [0.4, 0.5) is 13.2 Å². The van der Waals surface area contributed by atoms with E-state index in [9.17, 15) is 18.0 Å². The summed E-state index contributed by atoms with van der Waals surface area (Å²) in [6.45, 7) is 2.63. The molecule has 1 amide bonds. The molecule has 3 nitrogen and oxygen atoms in total. The van der Waals surface area contributed by atoms with Gasteiger partial charge in [-0.2, -0.15) is 0 Å². The predicted octanol–water partition coefficient (Wildman–Crippen LogP) is 3.50. The van der Waals surface area contributed by atoms with E-state index in [1.807, 2.05) is 0 Å². The molecular formula is C18H17F3NO2Y-. The van der Waals surface area contributed by atoms with Crippen LogP contribution >= 0.6 is 0 Å². The summed E-state index contributed by atoms with van der Waals surface area (Å²) in [5.74, 6) is 4.03.